The summed E-state index contributed by atoms with van der Waals surface area (Å²) in [5, 5.41) is 4.39. The fourth-order valence-corrected chi connectivity index (χ4v) is 5.13. The summed E-state index contributed by atoms with van der Waals surface area (Å²) in [6.07, 6.45) is 6.83. The zero-order chi connectivity index (χ0) is 21.8. The molecule has 0 aliphatic carbocycles. The van der Waals surface area contributed by atoms with E-state index in [1.807, 2.05) is 24.9 Å². The van der Waals surface area contributed by atoms with Crippen molar-refractivity contribution in [3.8, 4) is 5.75 Å². The molecule has 0 radical (unpaired) electrons. The molecule has 1 aromatic carbocycles. The van der Waals surface area contributed by atoms with Gasteiger partial charge in [0, 0.05) is 38.9 Å². The minimum atomic E-state index is 0.0741. The van der Waals surface area contributed by atoms with Gasteiger partial charge in [-0.15, -0.1) is 0 Å². The van der Waals surface area contributed by atoms with Crippen molar-refractivity contribution in [2.24, 2.45) is 12.5 Å². The number of hydrogen-bond donors (Lipinski definition) is 0. The largest absolute Gasteiger partial charge is 0.492 e. The molecule has 1 spiro atoms. The number of nitrogens with zero attached hydrogens (tertiary/aromatic N) is 4. The van der Waals surface area contributed by atoms with E-state index in [1.165, 1.54) is 24.8 Å². The molecular formula is C25H36N4O2. The molecule has 1 amide bonds. The van der Waals surface area contributed by atoms with E-state index in [4.69, 9.17) is 4.74 Å². The van der Waals surface area contributed by atoms with Gasteiger partial charge in [0.05, 0.1) is 0 Å². The van der Waals surface area contributed by atoms with Gasteiger partial charge in [-0.1, -0.05) is 24.6 Å². The monoisotopic (exact) mass is 424 g/mol. The summed E-state index contributed by atoms with van der Waals surface area (Å²) < 4.78 is 7.89. The number of carbonyl (C=O) groups is 1. The molecule has 0 N–H and O–H groups in total. The second-order valence-electron chi connectivity index (χ2n) is 9.49. The van der Waals surface area contributed by atoms with Crippen LogP contribution >= 0.6 is 0 Å². The molecule has 168 valence electrons. The highest BCUT2D eigenvalue weighted by molar-refractivity contribution is 5.92. The molecule has 1 fully saturated rings. The molecule has 6 nitrogen and oxygen atoms in total. The van der Waals surface area contributed by atoms with Crippen molar-refractivity contribution in [2.75, 3.05) is 39.8 Å². The van der Waals surface area contributed by atoms with Crippen molar-refractivity contribution in [3.63, 3.8) is 0 Å². The number of fused-ring (bicyclic) bond motifs is 1. The molecule has 2 aromatic rings. The highest BCUT2D eigenvalue weighted by Crippen LogP contribution is 2.38. The first kappa shape index (κ1) is 21.9. The summed E-state index contributed by atoms with van der Waals surface area (Å²) in [5.41, 5.74) is 3.19. The number of aryl methyl sites for hydroxylation is 3. The molecule has 0 bridgehead atoms. The topological polar surface area (TPSA) is 50.6 Å². The highest BCUT2D eigenvalue weighted by Gasteiger charge is 2.37. The number of piperidine rings is 1. The van der Waals surface area contributed by atoms with Crippen LogP contribution < -0.4 is 4.74 Å². The van der Waals surface area contributed by atoms with Gasteiger partial charge < -0.3 is 14.5 Å². The fourth-order valence-electron chi connectivity index (χ4n) is 5.13. The third-order valence-electron chi connectivity index (χ3n) is 7.16. The number of amides is 1. The van der Waals surface area contributed by atoms with Crippen LogP contribution in [-0.2, 0) is 13.5 Å². The lowest BCUT2D eigenvalue weighted by atomic mass is 9.73. The van der Waals surface area contributed by atoms with Crippen LogP contribution in [0.3, 0.4) is 0 Å². The summed E-state index contributed by atoms with van der Waals surface area (Å²) in [6.45, 7) is 6.34. The van der Waals surface area contributed by atoms with E-state index in [1.54, 1.807) is 4.68 Å². The predicted octanol–water partition coefficient (Wildman–Crippen LogP) is 3.69. The number of ether oxygens (including phenoxy) is 1. The lowest BCUT2D eigenvalue weighted by molar-refractivity contribution is 0.0420. The zero-order valence-corrected chi connectivity index (χ0v) is 19.3. The summed E-state index contributed by atoms with van der Waals surface area (Å²) in [6, 6.07) is 10.4. The molecule has 6 heteroatoms. The van der Waals surface area contributed by atoms with Crippen LogP contribution in [0.2, 0.25) is 0 Å². The van der Waals surface area contributed by atoms with E-state index < -0.39 is 0 Å². The SMILES string of the molecule is Cc1cc(C(=O)N2CCC3(CCCCc4ccccc4OCCN(C)C3)CC2)nn1C. The first-order valence-electron chi connectivity index (χ1n) is 11.6. The van der Waals surface area contributed by atoms with Crippen molar-refractivity contribution in [3.05, 3.63) is 47.3 Å². The lowest BCUT2D eigenvalue weighted by Crippen LogP contribution is -2.48. The Morgan fingerprint density at radius 2 is 1.84 bits per heavy atom. The van der Waals surface area contributed by atoms with Crippen LogP contribution in [0.1, 0.15) is 53.8 Å². The van der Waals surface area contributed by atoms with Crippen LogP contribution in [0.25, 0.3) is 0 Å². The highest BCUT2D eigenvalue weighted by atomic mass is 16.5. The van der Waals surface area contributed by atoms with E-state index >= 15 is 0 Å². The number of likely N-dealkylation sites (tertiary alicyclic amines) is 1. The Morgan fingerprint density at radius 3 is 2.58 bits per heavy atom. The Morgan fingerprint density at radius 1 is 1.06 bits per heavy atom. The van der Waals surface area contributed by atoms with Crippen LogP contribution in [0.5, 0.6) is 5.75 Å². The summed E-state index contributed by atoms with van der Waals surface area (Å²) in [7, 11) is 4.09. The molecule has 1 aromatic heterocycles. The lowest BCUT2D eigenvalue weighted by Gasteiger charge is -2.44. The maximum absolute atomic E-state index is 12.9. The Bertz CT molecular complexity index is 879. The summed E-state index contributed by atoms with van der Waals surface area (Å²) in [5.74, 6) is 1.12. The molecule has 4 rings (SSSR count). The van der Waals surface area contributed by atoms with Gasteiger partial charge in [-0.25, -0.2) is 0 Å². The molecule has 3 heterocycles. The molecule has 31 heavy (non-hydrogen) atoms. The number of rotatable bonds is 1. The van der Waals surface area contributed by atoms with E-state index in [2.05, 4.69) is 41.3 Å². The number of benzene rings is 1. The number of para-hydroxylation sites is 1. The Balaban J connectivity index is 1.40. The Hall–Kier alpha value is -2.34. The van der Waals surface area contributed by atoms with Gasteiger partial charge >= 0.3 is 0 Å². The van der Waals surface area contributed by atoms with Gasteiger partial charge in [0.25, 0.3) is 5.91 Å². The number of carbonyl (C=O) groups excluding carboxylic acids is 1. The predicted molar refractivity (Wildman–Crippen MR) is 123 cm³/mol. The maximum Gasteiger partial charge on any atom is 0.274 e. The van der Waals surface area contributed by atoms with Crippen LogP contribution in [0.15, 0.2) is 30.3 Å². The first-order chi connectivity index (χ1) is 15.0. The Labute approximate surface area is 186 Å². The molecule has 1 saturated heterocycles. The summed E-state index contributed by atoms with van der Waals surface area (Å²) >= 11 is 0. The van der Waals surface area contributed by atoms with Gasteiger partial charge in [0.1, 0.15) is 12.4 Å². The van der Waals surface area contributed by atoms with Crippen molar-refractivity contribution >= 4 is 5.91 Å². The third-order valence-corrected chi connectivity index (χ3v) is 7.16. The first-order valence-corrected chi connectivity index (χ1v) is 11.6. The van der Waals surface area contributed by atoms with E-state index in [-0.39, 0.29) is 11.3 Å². The molecule has 0 atom stereocenters. The van der Waals surface area contributed by atoms with Crippen LogP contribution in [0, 0.1) is 12.3 Å². The minimum absolute atomic E-state index is 0.0741. The molecule has 0 saturated carbocycles. The summed E-state index contributed by atoms with van der Waals surface area (Å²) in [4.78, 5) is 17.4. The van der Waals surface area contributed by atoms with E-state index in [0.29, 0.717) is 12.3 Å². The van der Waals surface area contributed by atoms with Crippen molar-refractivity contribution in [1.29, 1.82) is 0 Å². The molecule has 0 unspecified atom stereocenters. The number of aromatic nitrogens is 2. The number of hydrogen-bond acceptors (Lipinski definition) is 4. The quantitative estimate of drug-likeness (QED) is 0.701. The third kappa shape index (κ3) is 5.12. The second-order valence-corrected chi connectivity index (χ2v) is 9.49. The zero-order valence-electron chi connectivity index (χ0n) is 19.3. The Kier molecular flexibility index (Phi) is 6.65. The van der Waals surface area contributed by atoms with Gasteiger partial charge in [-0.3, -0.25) is 9.48 Å². The smallest absolute Gasteiger partial charge is 0.274 e. The standard InChI is InChI=1S/C25H36N4O2/c1-20-18-22(26-28(20)3)24(30)29-14-12-25(13-15-29)11-7-6-9-21-8-4-5-10-23(21)31-17-16-27(2)19-25/h4-5,8,10,18H,6-7,9,11-17,19H2,1-3H3. The normalized spacial score (nSPS) is 20.4. The van der Waals surface area contributed by atoms with Crippen molar-refractivity contribution in [2.45, 2.75) is 45.4 Å². The van der Waals surface area contributed by atoms with Gasteiger partial charge in [-0.2, -0.15) is 5.10 Å². The maximum atomic E-state index is 12.9. The van der Waals surface area contributed by atoms with Gasteiger partial charge in [-0.05, 0) is 69.2 Å². The van der Waals surface area contributed by atoms with Crippen molar-refractivity contribution in [1.82, 2.24) is 19.6 Å². The minimum Gasteiger partial charge on any atom is -0.492 e. The van der Waals surface area contributed by atoms with Gasteiger partial charge in [0.2, 0.25) is 0 Å². The van der Waals surface area contributed by atoms with Gasteiger partial charge in [0.15, 0.2) is 5.69 Å². The fraction of sp³-hybridized carbons (Fsp3) is 0.600. The molecule has 2 aliphatic heterocycles. The van der Waals surface area contributed by atoms with E-state index in [0.717, 1.165) is 56.9 Å². The second kappa shape index (κ2) is 9.43. The van der Waals surface area contributed by atoms with Crippen LogP contribution in [-0.4, -0.2) is 65.3 Å². The average molecular weight is 425 g/mol. The number of likely N-dealkylation sites (N-methyl/N-ethyl adjacent to an activating group) is 1. The van der Waals surface area contributed by atoms with Crippen molar-refractivity contribution < 1.29 is 9.53 Å². The van der Waals surface area contributed by atoms with Crippen LogP contribution in [0.4, 0.5) is 0 Å². The van der Waals surface area contributed by atoms with E-state index in [9.17, 15) is 4.79 Å². The molecule has 2 aliphatic rings. The molecular weight excluding hydrogens is 388 g/mol. The average Bonchev–Trinajstić information content (AvgIpc) is 3.10.